The van der Waals surface area contributed by atoms with Gasteiger partial charge in [-0.1, -0.05) is 26.0 Å². The van der Waals surface area contributed by atoms with E-state index < -0.39 is 0 Å². The number of benzene rings is 1. The van der Waals surface area contributed by atoms with E-state index in [-0.39, 0.29) is 18.1 Å². The lowest BCUT2D eigenvalue weighted by molar-refractivity contribution is -0.118. The zero-order chi connectivity index (χ0) is 19.1. The van der Waals surface area contributed by atoms with Crippen LogP contribution in [-0.2, 0) is 14.3 Å². The second kappa shape index (κ2) is 10.2. The summed E-state index contributed by atoms with van der Waals surface area (Å²) in [7, 11) is 0. The van der Waals surface area contributed by atoms with Crippen LogP contribution in [0, 0.1) is 5.92 Å². The summed E-state index contributed by atoms with van der Waals surface area (Å²) in [5.41, 5.74) is 2.27. The van der Waals surface area contributed by atoms with E-state index in [0.717, 1.165) is 38.4 Å². The average molecular weight is 375 g/mol. The van der Waals surface area contributed by atoms with Gasteiger partial charge in [-0.15, -0.1) is 0 Å². The monoisotopic (exact) mass is 374 g/mol. The minimum Gasteiger partial charge on any atom is -0.350 e. The number of piperidine rings is 1. The molecular formula is C22H34N2O3. The number of rotatable bonds is 8. The second-order valence-electron chi connectivity index (χ2n) is 8.05. The van der Waals surface area contributed by atoms with Crippen LogP contribution in [0.5, 0.6) is 0 Å². The number of unbranched alkanes of at least 4 members (excludes halogenated alkanes) is 1. The number of anilines is 1. The van der Waals surface area contributed by atoms with Crippen molar-refractivity contribution in [1.82, 2.24) is 4.90 Å². The van der Waals surface area contributed by atoms with E-state index >= 15 is 0 Å². The summed E-state index contributed by atoms with van der Waals surface area (Å²) in [6, 6.07) is 8.40. The van der Waals surface area contributed by atoms with Gasteiger partial charge in [-0.25, -0.2) is 0 Å². The third-order valence-corrected chi connectivity index (χ3v) is 5.59. The van der Waals surface area contributed by atoms with E-state index in [1.54, 1.807) is 0 Å². The zero-order valence-electron chi connectivity index (χ0n) is 16.8. The van der Waals surface area contributed by atoms with Gasteiger partial charge in [0.1, 0.15) is 0 Å². The Morgan fingerprint density at radius 2 is 1.93 bits per heavy atom. The Morgan fingerprint density at radius 1 is 1.19 bits per heavy atom. The first-order valence-corrected chi connectivity index (χ1v) is 10.5. The number of hydrogen-bond acceptors (Lipinski definition) is 4. The van der Waals surface area contributed by atoms with Gasteiger partial charge in [-0.2, -0.15) is 0 Å². The molecular weight excluding hydrogens is 340 g/mol. The second-order valence-corrected chi connectivity index (χ2v) is 8.05. The fourth-order valence-electron chi connectivity index (χ4n) is 3.87. The molecule has 2 heterocycles. The Hall–Kier alpha value is -1.43. The van der Waals surface area contributed by atoms with Crippen LogP contribution in [0.1, 0.15) is 57.4 Å². The molecule has 0 aliphatic carbocycles. The Balaban J connectivity index is 1.39. The fourth-order valence-corrected chi connectivity index (χ4v) is 3.87. The van der Waals surface area contributed by atoms with Gasteiger partial charge in [0.15, 0.2) is 6.29 Å². The highest BCUT2D eigenvalue weighted by molar-refractivity contribution is 5.92. The molecule has 2 saturated heterocycles. The van der Waals surface area contributed by atoms with E-state index in [2.05, 4.69) is 28.4 Å². The highest BCUT2D eigenvalue weighted by Gasteiger charge is 2.21. The maximum absolute atomic E-state index is 11.9. The molecule has 3 rings (SSSR count). The molecule has 27 heavy (non-hydrogen) atoms. The molecule has 0 spiro atoms. The number of nitrogens with one attached hydrogen (secondary N) is 1. The Kier molecular flexibility index (Phi) is 7.68. The van der Waals surface area contributed by atoms with Crippen molar-refractivity contribution in [2.24, 2.45) is 5.92 Å². The van der Waals surface area contributed by atoms with Crippen molar-refractivity contribution in [3.63, 3.8) is 0 Å². The third-order valence-electron chi connectivity index (χ3n) is 5.59. The minimum absolute atomic E-state index is 0.00342. The SMILES string of the molecule is CC(C)C(=O)Nc1cccc(C2CCN(CCCCC3OCCO3)CC2)c1. The van der Waals surface area contributed by atoms with Crippen LogP contribution in [0.15, 0.2) is 24.3 Å². The summed E-state index contributed by atoms with van der Waals surface area (Å²) >= 11 is 0. The van der Waals surface area contributed by atoms with E-state index in [0.29, 0.717) is 5.92 Å². The van der Waals surface area contributed by atoms with Crippen molar-refractivity contribution in [1.29, 1.82) is 0 Å². The third kappa shape index (κ3) is 6.30. The summed E-state index contributed by atoms with van der Waals surface area (Å²) in [6.07, 6.45) is 5.82. The summed E-state index contributed by atoms with van der Waals surface area (Å²) in [5.74, 6) is 0.677. The van der Waals surface area contributed by atoms with Crippen LogP contribution in [0.3, 0.4) is 0 Å². The molecule has 5 heteroatoms. The highest BCUT2D eigenvalue weighted by Crippen LogP contribution is 2.29. The number of ether oxygens (including phenoxy) is 2. The van der Waals surface area contributed by atoms with Crippen LogP contribution >= 0.6 is 0 Å². The number of amides is 1. The highest BCUT2D eigenvalue weighted by atomic mass is 16.7. The molecule has 0 radical (unpaired) electrons. The van der Waals surface area contributed by atoms with Crippen LogP contribution < -0.4 is 5.32 Å². The van der Waals surface area contributed by atoms with E-state index in [1.807, 2.05) is 19.9 Å². The van der Waals surface area contributed by atoms with Gasteiger partial charge in [-0.05, 0) is 75.4 Å². The molecule has 0 atom stereocenters. The molecule has 0 unspecified atom stereocenters. The molecule has 1 aromatic rings. The van der Waals surface area contributed by atoms with Gasteiger partial charge >= 0.3 is 0 Å². The number of hydrogen-bond donors (Lipinski definition) is 1. The van der Waals surface area contributed by atoms with Crippen molar-refractivity contribution in [3.05, 3.63) is 29.8 Å². The maximum atomic E-state index is 11.9. The van der Waals surface area contributed by atoms with Crippen molar-refractivity contribution in [3.8, 4) is 0 Å². The first kappa shape index (κ1) is 20.3. The van der Waals surface area contributed by atoms with Gasteiger partial charge in [0, 0.05) is 11.6 Å². The molecule has 0 aromatic heterocycles. The number of nitrogens with zero attached hydrogens (tertiary/aromatic N) is 1. The molecule has 1 aromatic carbocycles. The fraction of sp³-hybridized carbons (Fsp3) is 0.682. The van der Waals surface area contributed by atoms with Gasteiger partial charge in [-0.3, -0.25) is 4.79 Å². The molecule has 2 fully saturated rings. The van der Waals surface area contributed by atoms with Gasteiger partial charge in [0.05, 0.1) is 13.2 Å². The van der Waals surface area contributed by atoms with Gasteiger partial charge in [0.2, 0.25) is 5.91 Å². The Morgan fingerprint density at radius 3 is 2.63 bits per heavy atom. The lowest BCUT2D eigenvalue weighted by atomic mass is 9.89. The largest absolute Gasteiger partial charge is 0.350 e. The number of likely N-dealkylation sites (tertiary alicyclic amines) is 1. The minimum atomic E-state index is 0.00342. The van der Waals surface area contributed by atoms with Crippen LogP contribution in [0.2, 0.25) is 0 Å². The predicted octanol–water partition coefficient (Wildman–Crippen LogP) is 4.00. The topological polar surface area (TPSA) is 50.8 Å². The molecule has 2 aliphatic heterocycles. The molecule has 5 nitrogen and oxygen atoms in total. The average Bonchev–Trinajstić information content (AvgIpc) is 3.19. The van der Waals surface area contributed by atoms with Crippen molar-refractivity contribution in [2.45, 2.75) is 58.2 Å². The first-order valence-electron chi connectivity index (χ1n) is 10.5. The Bertz CT molecular complexity index is 591. The van der Waals surface area contributed by atoms with Crippen molar-refractivity contribution >= 4 is 11.6 Å². The van der Waals surface area contributed by atoms with Gasteiger partial charge in [0.25, 0.3) is 0 Å². The van der Waals surface area contributed by atoms with Crippen LogP contribution in [-0.4, -0.2) is 49.9 Å². The molecule has 2 aliphatic rings. The number of carbonyl (C=O) groups excluding carboxylic acids is 1. The van der Waals surface area contributed by atoms with E-state index in [4.69, 9.17) is 9.47 Å². The van der Waals surface area contributed by atoms with E-state index in [9.17, 15) is 4.79 Å². The smallest absolute Gasteiger partial charge is 0.226 e. The van der Waals surface area contributed by atoms with Crippen LogP contribution in [0.4, 0.5) is 5.69 Å². The Labute approximate surface area is 163 Å². The van der Waals surface area contributed by atoms with Gasteiger partial charge < -0.3 is 19.7 Å². The maximum Gasteiger partial charge on any atom is 0.226 e. The lowest BCUT2D eigenvalue weighted by Crippen LogP contribution is -2.33. The summed E-state index contributed by atoms with van der Waals surface area (Å²) in [6.45, 7) is 8.82. The lowest BCUT2D eigenvalue weighted by Gasteiger charge is -2.32. The molecule has 0 saturated carbocycles. The molecule has 1 amide bonds. The summed E-state index contributed by atoms with van der Waals surface area (Å²) in [4.78, 5) is 14.5. The number of carbonyl (C=O) groups is 1. The standard InChI is InChI=1S/C22H34N2O3/c1-17(2)22(25)23-20-7-5-6-19(16-20)18-9-12-24(13-10-18)11-4-3-8-21-26-14-15-27-21/h5-7,16-18,21H,3-4,8-15H2,1-2H3,(H,23,25). The van der Waals surface area contributed by atoms with Crippen molar-refractivity contribution in [2.75, 3.05) is 38.2 Å². The quantitative estimate of drug-likeness (QED) is 0.699. The first-order chi connectivity index (χ1) is 13.1. The molecule has 150 valence electrons. The van der Waals surface area contributed by atoms with E-state index in [1.165, 1.54) is 37.8 Å². The molecule has 0 bridgehead atoms. The summed E-state index contributed by atoms with van der Waals surface area (Å²) < 4.78 is 11.0. The van der Waals surface area contributed by atoms with Crippen LogP contribution in [0.25, 0.3) is 0 Å². The molecule has 1 N–H and O–H groups in total. The predicted molar refractivity (Wildman–Crippen MR) is 108 cm³/mol. The summed E-state index contributed by atoms with van der Waals surface area (Å²) in [5, 5.41) is 3.02. The normalized spacial score (nSPS) is 19.7. The van der Waals surface area contributed by atoms with Crippen molar-refractivity contribution < 1.29 is 14.3 Å². The zero-order valence-corrected chi connectivity index (χ0v) is 16.8.